The zero-order chi connectivity index (χ0) is 16.1. The predicted octanol–water partition coefficient (Wildman–Crippen LogP) is 0.600. The molecule has 1 heterocycles. The van der Waals surface area contributed by atoms with Gasteiger partial charge in [-0.1, -0.05) is 12.1 Å². The van der Waals surface area contributed by atoms with Gasteiger partial charge in [0, 0.05) is 6.54 Å². The van der Waals surface area contributed by atoms with E-state index in [4.69, 9.17) is 0 Å². The van der Waals surface area contributed by atoms with Gasteiger partial charge in [-0.3, -0.25) is 19.4 Å². The Morgan fingerprint density at radius 2 is 1.73 bits per heavy atom. The minimum Gasteiger partial charge on any atom is -0.449 e. The summed E-state index contributed by atoms with van der Waals surface area (Å²) in [5.41, 5.74) is 5.48. The van der Waals surface area contributed by atoms with Gasteiger partial charge in [-0.05, 0) is 26.0 Å². The van der Waals surface area contributed by atoms with Crippen molar-refractivity contribution in [2.24, 2.45) is 0 Å². The van der Waals surface area contributed by atoms with E-state index < -0.39 is 12.0 Å². The molecule has 2 amide bonds. The summed E-state index contributed by atoms with van der Waals surface area (Å²) in [4.78, 5) is 35.3. The summed E-state index contributed by atoms with van der Waals surface area (Å²) >= 11 is 0. The molecule has 2 N–H and O–H groups in total. The second-order valence-corrected chi connectivity index (χ2v) is 4.50. The fraction of sp³-hybridized carbons (Fsp3) is 0.357. The summed E-state index contributed by atoms with van der Waals surface area (Å²) < 4.78 is 7.57. The maximum absolute atomic E-state index is 12.3. The van der Waals surface area contributed by atoms with Crippen LogP contribution in [0.1, 0.15) is 13.8 Å². The molecule has 2 rings (SSSR count). The van der Waals surface area contributed by atoms with Crippen molar-refractivity contribution in [3.05, 3.63) is 34.7 Å². The van der Waals surface area contributed by atoms with Crippen molar-refractivity contribution < 1.29 is 14.3 Å². The number of para-hydroxylation sites is 2. The number of hydrogen-bond donors (Lipinski definition) is 2. The van der Waals surface area contributed by atoms with Gasteiger partial charge in [0.15, 0.2) is 0 Å². The Balaban J connectivity index is 2.18. The van der Waals surface area contributed by atoms with E-state index in [2.05, 4.69) is 15.6 Å². The van der Waals surface area contributed by atoms with Crippen LogP contribution in [0.3, 0.4) is 0 Å². The van der Waals surface area contributed by atoms with E-state index in [0.717, 1.165) is 5.52 Å². The van der Waals surface area contributed by atoms with Gasteiger partial charge in [-0.25, -0.2) is 15.0 Å². The van der Waals surface area contributed by atoms with E-state index >= 15 is 0 Å². The minimum absolute atomic E-state index is 0.196. The van der Waals surface area contributed by atoms with Crippen molar-refractivity contribution in [1.29, 1.82) is 0 Å². The molecule has 0 bridgehead atoms. The summed E-state index contributed by atoms with van der Waals surface area (Å²) in [6, 6.07) is 7.23. The fourth-order valence-corrected chi connectivity index (χ4v) is 2.20. The summed E-state index contributed by atoms with van der Waals surface area (Å²) in [5, 5.41) is 0. The van der Waals surface area contributed by atoms with Gasteiger partial charge in [0.2, 0.25) is 0 Å². The number of fused-ring (bicyclic) bond motifs is 1. The SMILES string of the molecule is CCOC(=O)NNC(=O)Cn1c(=O)n(CC)c2ccccc21. The molecular formula is C14H18N4O4. The molecular weight excluding hydrogens is 288 g/mol. The number of hydrazine groups is 1. The van der Waals surface area contributed by atoms with Crippen LogP contribution in [0.4, 0.5) is 4.79 Å². The highest BCUT2D eigenvalue weighted by atomic mass is 16.5. The fourth-order valence-electron chi connectivity index (χ4n) is 2.20. The topological polar surface area (TPSA) is 94.4 Å². The number of amides is 2. The highest BCUT2D eigenvalue weighted by Gasteiger charge is 2.14. The number of benzene rings is 1. The van der Waals surface area contributed by atoms with E-state index in [1.165, 1.54) is 4.57 Å². The molecule has 0 aliphatic rings. The first-order valence-corrected chi connectivity index (χ1v) is 6.98. The van der Waals surface area contributed by atoms with Crippen LogP contribution >= 0.6 is 0 Å². The number of aromatic nitrogens is 2. The van der Waals surface area contributed by atoms with Crippen LogP contribution in [-0.4, -0.2) is 27.7 Å². The lowest BCUT2D eigenvalue weighted by atomic mass is 10.3. The monoisotopic (exact) mass is 306 g/mol. The molecule has 8 heteroatoms. The van der Waals surface area contributed by atoms with Gasteiger partial charge in [-0.2, -0.15) is 0 Å². The van der Waals surface area contributed by atoms with Crippen LogP contribution in [0.5, 0.6) is 0 Å². The van der Waals surface area contributed by atoms with Crippen molar-refractivity contribution in [3.8, 4) is 0 Å². The van der Waals surface area contributed by atoms with Crippen molar-refractivity contribution in [3.63, 3.8) is 0 Å². The third kappa shape index (κ3) is 3.11. The summed E-state index contributed by atoms with van der Waals surface area (Å²) in [5.74, 6) is -0.519. The average Bonchev–Trinajstić information content (AvgIpc) is 2.78. The molecule has 22 heavy (non-hydrogen) atoms. The molecule has 1 aromatic carbocycles. The lowest BCUT2D eigenvalue weighted by Crippen LogP contribution is -2.44. The van der Waals surface area contributed by atoms with Gasteiger partial charge in [0.05, 0.1) is 17.6 Å². The molecule has 0 aliphatic carbocycles. The molecule has 0 fully saturated rings. The molecule has 118 valence electrons. The van der Waals surface area contributed by atoms with E-state index in [9.17, 15) is 14.4 Å². The Hall–Kier alpha value is -2.77. The lowest BCUT2D eigenvalue weighted by molar-refractivity contribution is -0.122. The van der Waals surface area contributed by atoms with E-state index in [1.54, 1.807) is 23.6 Å². The Kier molecular flexibility index (Phi) is 4.82. The molecule has 0 unspecified atom stereocenters. The maximum atomic E-state index is 12.3. The zero-order valence-electron chi connectivity index (χ0n) is 12.5. The highest BCUT2D eigenvalue weighted by molar-refractivity contribution is 5.82. The van der Waals surface area contributed by atoms with Crippen LogP contribution in [0.15, 0.2) is 29.1 Å². The third-order valence-electron chi connectivity index (χ3n) is 3.12. The summed E-state index contributed by atoms with van der Waals surface area (Å²) in [6.45, 7) is 4.03. The molecule has 8 nitrogen and oxygen atoms in total. The van der Waals surface area contributed by atoms with E-state index in [0.29, 0.717) is 12.1 Å². The molecule has 0 spiro atoms. The number of carbonyl (C=O) groups is 2. The van der Waals surface area contributed by atoms with Gasteiger partial charge in [-0.15, -0.1) is 0 Å². The number of imidazole rings is 1. The smallest absolute Gasteiger partial charge is 0.426 e. The highest BCUT2D eigenvalue weighted by Crippen LogP contribution is 2.12. The van der Waals surface area contributed by atoms with Gasteiger partial charge in [0.25, 0.3) is 5.91 Å². The normalized spacial score (nSPS) is 10.5. The Labute approximate surface area is 126 Å². The lowest BCUT2D eigenvalue weighted by Gasteiger charge is -2.07. The van der Waals surface area contributed by atoms with Crippen molar-refractivity contribution in [2.75, 3.05) is 6.61 Å². The van der Waals surface area contributed by atoms with Crippen LogP contribution in [0, 0.1) is 0 Å². The molecule has 0 aliphatic heterocycles. The predicted molar refractivity (Wildman–Crippen MR) is 80.2 cm³/mol. The quantitative estimate of drug-likeness (QED) is 0.809. The second-order valence-electron chi connectivity index (χ2n) is 4.50. The first-order chi connectivity index (χ1) is 10.6. The number of carbonyl (C=O) groups excluding carboxylic acids is 2. The largest absolute Gasteiger partial charge is 0.449 e. The molecule has 2 aromatic rings. The van der Waals surface area contributed by atoms with Crippen LogP contribution < -0.4 is 16.5 Å². The van der Waals surface area contributed by atoms with Crippen LogP contribution in [0.2, 0.25) is 0 Å². The van der Waals surface area contributed by atoms with Crippen LogP contribution in [0.25, 0.3) is 11.0 Å². The Morgan fingerprint density at radius 3 is 2.32 bits per heavy atom. The minimum atomic E-state index is -0.751. The number of rotatable bonds is 4. The Bertz CT molecular complexity index is 747. The van der Waals surface area contributed by atoms with Crippen LogP contribution in [-0.2, 0) is 22.6 Å². The second kappa shape index (κ2) is 6.79. The van der Waals surface area contributed by atoms with Crippen molar-refractivity contribution in [1.82, 2.24) is 20.0 Å². The molecule has 1 aromatic heterocycles. The molecule has 0 saturated carbocycles. The molecule has 0 saturated heterocycles. The summed E-state index contributed by atoms with van der Waals surface area (Å²) in [7, 11) is 0. The van der Waals surface area contributed by atoms with Gasteiger partial charge in [0.1, 0.15) is 6.54 Å². The zero-order valence-corrected chi connectivity index (χ0v) is 12.5. The summed E-state index contributed by atoms with van der Waals surface area (Å²) in [6.07, 6.45) is -0.751. The number of aryl methyl sites for hydroxylation is 1. The van der Waals surface area contributed by atoms with Crippen molar-refractivity contribution in [2.45, 2.75) is 26.9 Å². The third-order valence-corrected chi connectivity index (χ3v) is 3.12. The van der Waals surface area contributed by atoms with E-state index in [-0.39, 0.29) is 18.8 Å². The number of nitrogens with one attached hydrogen (secondary N) is 2. The number of hydrogen-bond acceptors (Lipinski definition) is 4. The van der Waals surface area contributed by atoms with Crippen molar-refractivity contribution >= 4 is 23.0 Å². The first kappa shape index (κ1) is 15.6. The van der Waals surface area contributed by atoms with Gasteiger partial charge >= 0.3 is 11.8 Å². The Morgan fingerprint density at radius 1 is 1.09 bits per heavy atom. The van der Waals surface area contributed by atoms with Gasteiger partial charge < -0.3 is 4.74 Å². The number of nitrogens with zero attached hydrogens (tertiary/aromatic N) is 2. The van der Waals surface area contributed by atoms with E-state index in [1.807, 2.05) is 19.1 Å². The standard InChI is InChI=1S/C14H18N4O4/c1-3-17-10-7-5-6-8-11(10)18(14(17)21)9-12(19)15-16-13(20)22-4-2/h5-8H,3-4,9H2,1-2H3,(H,15,19)(H,16,20). The molecule has 0 radical (unpaired) electrons. The maximum Gasteiger partial charge on any atom is 0.426 e. The average molecular weight is 306 g/mol. The molecule has 0 atom stereocenters. The first-order valence-electron chi connectivity index (χ1n) is 6.98. The number of ether oxygens (including phenoxy) is 1.